The molecule has 0 aliphatic rings. The lowest BCUT2D eigenvalue weighted by Gasteiger charge is -2.08. The molecule has 1 N–H and O–H groups in total. The van der Waals surface area contributed by atoms with Gasteiger partial charge in [0.15, 0.2) is 0 Å². The largest absolute Gasteiger partial charge is 0.496 e. The first-order chi connectivity index (χ1) is 9.51. The van der Waals surface area contributed by atoms with E-state index in [-0.39, 0.29) is 5.91 Å². The number of carbonyl (C=O) groups is 1. The first kappa shape index (κ1) is 15.6. The predicted octanol–water partition coefficient (Wildman–Crippen LogP) is 4.97. The Morgan fingerprint density at radius 2 is 2.05 bits per heavy atom. The van der Waals surface area contributed by atoms with Gasteiger partial charge >= 0.3 is 0 Å². The van der Waals surface area contributed by atoms with Crippen LogP contribution in [0.15, 0.2) is 40.9 Å². The van der Waals surface area contributed by atoms with E-state index in [2.05, 4.69) is 43.8 Å². The number of rotatable bonds is 3. The van der Waals surface area contributed by atoms with Gasteiger partial charge in [-0.3, -0.25) is 4.79 Å². The number of carbonyl (C=O) groups excluding carboxylic acids is 1. The molecule has 0 unspecified atom stereocenters. The first-order valence-corrected chi connectivity index (χ1v) is 7.86. The quantitative estimate of drug-likeness (QED) is 0.649. The van der Waals surface area contributed by atoms with Gasteiger partial charge in [-0.15, -0.1) is 0 Å². The van der Waals surface area contributed by atoms with Crippen molar-refractivity contribution >= 4 is 61.7 Å². The number of hydrogen-bond acceptors (Lipinski definition) is 2. The number of ether oxygens (including phenoxy) is 1. The molecule has 6 heteroatoms. The second-order valence-corrected chi connectivity index (χ2v) is 6.36. The molecule has 0 heterocycles. The summed E-state index contributed by atoms with van der Waals surface area (Å²) in [6.07, 6.45) is 0. The van der Waals surface area contributed by atoms with Gasteiger partial charge in [-0.1, -0.05) is 11.6 Å². The summed E-state index contributed by atoms with van der Waals surface area (Å²) in [5, 5.41) is 3.35. The van der Waals surface area contributed by atoms with Crippen molar-refractivity contribution in [1.29, 1.82) is 0 Å². The normalized spacial score (nSPS) is 10.2. The van der Waals surface area contributed by atoms with Gasteiger partial charge in [-0.2, -0.15) is 0 Å². The molecule has 2 aromatic carbocycles. The smallest absolute Gasteiger partial charge is 0.255 e. The molecular weight excluding hydrogens is 456 g/mol. The SMILES string of the molecule is COc1ccc(C(=O)Nc2ccc(Br)c(Cl)c2)cc1I. The standard InChI is InChI=1S/C14H10BrClINO2/c1-20-13-5-2-8(6-12(13)17)14(19)18-9-3-4-10(15)11(16)7-9/h2-7H,1H3,(H,18,19). The maximum atomic E-state index is 12.2. The molecule has 1 amide bonds. The molecule has 104 valence electrons. The van der Waals surface area contributed by atoms with Crippen LogP contribution >= 0.6 is 50.1 Å². The molecular formula is C14H10BrClINO2. The molecule has 0 aliphatic carbocycles. The van der Waals surface area contributed by atoms with Crippen LogP contribution in [0.1, 0.15) is 10.4 Å². The third-order valence-corrected chi connectivity index (χ3v) is 4.67. The van der Waals surface area contributed by atoms with E-state index in [0.717, 1.165) is 13.8 Å². The van der Waals surface area contributed by atoms with Crippen molar-refractivity contribution < 1.29 is 9.53 Å². The van der Waals surface area contributed by atoms with E-state index in [1.54, 1.807) is 43.5 Å². The summed E-state index contributed by atoms with van der Waals surface area (Å²) < 4.78 is 6.83. The highest BCUT2D eigenvalue weighted by Gasteiger charge is 2.10. The van der Waals surface area contributed by atoms with Gasteiger partial charge in [-0.05, 0) is 74.9 Å². The average Bonchev–Trinajstić information content (AvgIpc) is 2.42. The Balaban J connectivity index is 2.19. The maximum Gasteiger partial charge on any atom is 0.255 e. The molecule has 3 nitrogen and oxygen atoms in total. The molecule has 0 fully saturated rings. The Bertz CT molecular complexity index is 664. The third-order valence-electron chi connectivity index (χ3n) is 2.59. The van der Waals surface area contributed by atoms with Crippen LogP contribution in [-0.4, -0.2) is 13.0 Å². The van der Waals surface area contributed by atoms with Gasteiger partial charge in [-0.25, -0.2) is 0 Å². The zero-order chi connectivity index (χ0) is 14.7. The van der Waals surface area contributed by atoms with Crippen molar-refractivity contribution in [2.75, 3.05) is 12.4 Å². The fraction of sp³-hybridized carbons (Fsp3) is 0.0714. The van der Waals surface area contributed by atoms with Crippen LogP contribution in [0, 0.1) is 3.57 Å². The van der Waals surface area contributed by atoms with Gasteiger partial charge < -0.3 is 10.1 Å². The molecule has 0 saturated heterocycles. The van der Waals surface area contributed by atoms with Gasteiger partial charge in [0.1, 0.15) is 5.75 Å². The van der Waals surface area contributed by atoms with Gasteiger partial charge in [0, 0.05) is 15.7 Å². The number of anilines is 1. The van der Waals surface area contributed by atoms with Gasteiger partial charge in [0.05, 0.1) is 15.7 Å². The summed E-state index contributed by atoms with van der Waals surface area (Å²) in [6.45, 7) is 0. The molecule has 0 saturated carbocycles. The van der Waals surface area contributed by atoms with E-state index >= 15 is 0 Å². The summed E-state index contributed by atoms with van der Waals surface area (Å²) in [7, 11) is 1.60. The number of amides is 1. The molecule has 0 bridgehead atoms. The monoisotopic (exact) mass is 465 g/mol. The summed E-state index contributed by atoms with van der Waals surface area (Å²) in [5.41, 5.74) is 1.21. The third kappa shape index (κ3) is 3.65. The lowest BCUT2D eigenvalue weighted by atomic mass is 10.2. The fourth-order valence-corrected chi connectivity index (χ4v) is 2.75. The minimum atomic E-state index is -0.191. The highest BCUT2D eigenvalue weighted by Crippen LogP contribution is 2.26. The summed E-state index contributed by atoms with van der Waals surface area (Å²) in [5.74, 6) is 0.554. The van der Waals surface area contributed by atoms with Crippen LogP contribution in [0.2, 0.25) is 5.02 Å². The van der Waals surface area contributed by atoms with Crippen LogP contribution in [-0.2, 0) is 0 Å². The highest BCUT2D eigenvalue weighted by atomic mass is 127. The summed E-state index contributed by atoms with van der Waals surface area (Å²) in [6, 6.07) is 10.5. The van der Waals surface area contributed by atoms with Crippen molar-refractivity contribution in [2.45, 2.75) is 0 Å². The molecule has 0 spiro atoms. The molecule has 2 aromatic rings. The Hall–Kier alpha value is -0.790. The number of methoxy groups -OCH3 is 1. The Kier molecular flexibility index (Phi) is 5.29. The van der Waals surface area contributed by atoms with Gasteiger partial charge in [0.25, 0.3) is 5.91 Å². The summed E-state index contributed by atoms with van der Waals surface area (Å²) in [4.78, 5) is 12.2. The zero-order valence-corrected chi connectivity index (χ0v) is 14.9. The topological polar surface area (TPSA) is 38.3 Å². The van der Waals surface area contributed by atoms with E-state index in [1.165, 1.54) is 0 Å². The number of benzene rings is 2. The number of hydrogen-bond donors (Lipinski definition) is 1. The molecule has 0 radical (unpaired) electrons. The minimum Gasteiger partial charge on any atom is -0.496 e. The molecule has 0 aromatic heterocycles. The van der Waals surface area contributed by atoms with Crippen molar-refractivity contribution in [2.24, 2.45) is 0 Å². The second-order valence-electron chi connectivity index (χ2n) is 3.93. The Morgan fingerprint density at radius 3 is 2.65 bits per heavy atom. The van der Waals surface area contributed by atoms with E-state index in [9.17, 15) is 4.79 Å². The van der Waals surface area contributed by atoms with Crippen LogP contribution in [0.25, 0.3) is 0 Å². The molecule has 0 aliphatic heterocycles. The van der Waals surface area contributed by atoms with E-state index in [1.807, 2.05) is 0 Å². The summed E-state index contributed by atoms with van der Waals surface area (Å²) >= 11 is 11.4. The van der Waals surface area contributed by atoms with Crippen molar-refractivity contribution in [3.63, 3.8) is 0 Å². The molecule has 0 atom stereocenters. The Labute approximate surface area is 143 Å². The van der Waals surface area contributed by atoms with Crippen LogP contribution in [0.3, 0.4) is 0 Å². The lowest BCUT2D eigenvalue weighted by molar-refractivity contribution is 0.102. The Morgan fingerprint density at radius 1 is 1.30 bits per heavy atom. The first-order valence-electron chi connectivity index (χ1n) is 5.61. The molecule has 20 heavy (non-hydrogen) atoms. The van der Waals surface area contributed by atoms with Gasteiger partial charge in [0.2, 0.25) is 0 Å². The lowest BCUT2D eigenvalue weighted by Crippen LogP contribution is -2.12. The maximum absolute atomic E-state index is 12.2. The van der Waals surface area contributed by atoms with Crippen molar-refractivity contribution in [3.05, 3.63) is 55.0 Å². The van der Waals surface area contributed by atoms with E-state index in [4.69, 9.17) is 16.3 Å². The van der Waals surface area contributed by atoms with Crippen LogP contribution in [0.5, 0.6) is 5.75 Å². The predicted molar refractivity (Wildman–Crippen MR) is 92.8 cm³/mol. The minimum absolute atomic E-state index is 0.191. The average molecular weight is 467 g/mol. The highest BCUT2D eigenvalue weighted by molar-refractivity contribution is 14.1. The fourth-order valence-electron chi connectivity index (χ4n) is 1.58. The van der Waals surface area contributed by atoms with E-state index < -0.39 is 0 Å². The number of nitrogens with one attached hydrogen (secondary N) is 1. The van der Waals surface area contributed by atoms with Crippen LogP contribution < -0.4 is 10.1 Å². The van der Waals surface area contributed by atoms with Crippen LogP contribution in [0.4, 0.5) is 5.69 Å². The number of halogens is 3. The van der Waals surface area contributed by atoms with Crippen molar-refractivity contribution in [3.8, 4) is 5.75 Å². The zero-order valence-electron chi connectivity index (χ0n) is 10.4. The van der Waals surface area contributed by atoms with E-state index in [0.29, 0.717) is 16.3 Å². The second kappa shape index (κ2) is 6.78. The van der Waals surface area contributed by atoms with Crippen molar-refractivity contribution in [1.82, 2.24) is 0 Å². The molecule has 2 rings (SSSR count).